The number of amides is 2. The average molecular weight is 299 g/mol. The van der Waals surface area contributed by atoms with Crippen molar-refractivity contribution in [2.75, 3.05) is 13.7 Å². The summed E-state index contributed by atoms with van der Waals surface area (Å²) in [7, 11) is 1.65. The standard InChI is InChI=1S/C17H21N3O2/c1-13-11-14(6-7-16(13)22-2)12-20-17(21)19-10-8-15-5-3-4-9-18-15/h3-7,9,11H,8,10,12H2,1-2H3,(H2,19,20,21). The Bertz CT molecular complexity index is 615. The van der Waals surface area contributed by atoms with Gasteiger partial charge in [-0.2, -0.15) is 0 Å². The molecule has 0 bridgehead atoms. The molecule has 2 N–H and O–H groups in total. The lowest BCUT2D eigenvalue weighted by atomic mass is 10.1. The lowest BCUT2D eigenvalue weighted by Gasteiger charge is -2.10. The van der Waals surface area contributed by atoms with Gasteiger partial charge < -0.3 is 15.4 Å². The summed E-state index contributed by atoms with van der Waals surface area (Å²) in [5, 5.41) is 5.66. The molecule has 0 aliphatic rings. The summed E-state index contributed by atoms with van der Waals surface area (Å²) < 4.78 is 5.22. The summed E-state index contributed by atoms with van der Waals surface area (Å²) in [6.07, 6.45) is 2.47. The molecule has 1 aromatic carbocycles. The van der Waals surface area contributed by atoms with Crippen LogP contribution in [-0.4, -0.2) is 24.7 Å². The van der Waals surface area contributed by atoms with E-state index in [0.717, 1.165) is 29.0 Å². The number of aromatic nitrogens is 1. The van der Waals surface area contributed by atoms with Crippen LogP contribution in [0.1, 0.15) is 16.8 Å². The molecule has 0 aliphatic carbocycles. The molecule has 1 aromatic heterocycles. The van der Waals surface area contributed by atoms with E-state index in [0.29, 0.717) is 13.1 Å². The number of pyridine rings is 1. The van der Waals surface area contributed by atoms with E-state index in [1.54, 1.807) is 13.3 Å². The van der Waals surface area contributed by atoms with E-state index in [1.807, 2.05) is 43.3 Å². The highest BCUT2D eigenvalue weighted by Gasteiger charge is 2.03. The number of urea groups is 1. The second kappa shape index (κ2) is 8.02. The molecule has 1 heterocycles. The number of benzene rings is 1. The first-order chi connectivity index (χ1) is 10.7. The summed E-state index contributed by atoms with van der Waals surface area (Å²) in [5.41, 5.74) is 3.06. The number of methoxy groups -OCH3 is 1. The van der Waals surface area contributed by atoms with E-state index in [2.05, 4.69) is 15.6 Å². The molecule has 2 aromatic rings. The van der Waals surface area contributed by atoms with Crippen LogP contribution in [0.3, 0.4) is 0 Å². The number of hydrogen-bond acceptors (Lipinski definition) is 3. The van der Waals surface area contributed by atoms with Crippen molar-refractivity contribution in [2.24, 2.45) is 0 Å². The minimum Gasteiger partial charge on any atom is -0.496 e. The molecule has 0 radical (unpaired) electrons. The van der Waals surface area contributed by atoms with E-state index in [-0.39, 0.29) is 6.03 Å². The molecule has 116 valence electrons. The van der Waals surface area contributed by atoms with Crippen molar-refractivity contribution >= 4 is 6.03 Å². The molecule has 0 unspecified atom stereocenters. The van der Waals surface area contributed by atoms with E-state index in [9.17, 15) is 4.79 Å². The van der Waals surface area contributed by atoms with Crippen molar-refractivity contribution < 1.29 is 9.53 Å². The van der Waals surface area contributed by atoms with Crippen LogP contribution in [0.15, 0.2) is 42.6 Å². The molecule has 5 nitrogen and oxygen atoms in total. The molecule has 0 atom stereocenters. The van der Waals surface area contributed by atoms with Crippen molar-refractivity contribution in [2.45, 2.75) is 19.9 Å². The second-order valence-electron chi connectivity index (χ2n) is 4.98. The van der Waals surface area contributed by atoms with Crippen LogP contribution < -0.4 is 15.4 Å². The van der Waals surface area contributed by atoms with Gasteiger partial charge in [-0.3, -0.25) is 4.98 Å². The van der Waals surface area contributed by atoms with Crippen LogP contribution >= 0.6 is 0 Å². The molecule has 2 rings (SSSR count). The molecule has 22 heavy (non-hydrogen) atoms. The van der Waals surface area contributed by atoms with Gasteiger partial charge in [0.25, 0.3) is 0 Å². The van der Waals surface area contributed by atoms with Gasteiger partial charge in [-0.05, 0) is 36.2 Å². The number of ether oxygens (including phenoxy) is 1. The highest BCUT2D eigenvalue weighted by molar-refractivity contribution is 5.73. The Balaban J connectivity index is 1.72. The largest absolute Gasteiger partial charge is 0.496 e. The zero-order valence-corrected chi connectivity index (χ0v) is 12.9. The predicted molar refractivity (Wildman–Crippen MR) is 85.9 cm³/mol. The number of nitrogens with one attached hydrogen (secondary N) is 2. The fraction of sp³-hybridized carbons (Fsp3) is 0.294. The smallest absolute Gasteiger partial charge is 0.315 e. The summed E-state index contributed by atoms with van der Waals surface area (Å²) >= 11 is 0. The van der Waals surface area contributed by atoms with E-state index < -0.39 is 0 Å². The van der Waals surface area contributed by atoms with Crippen molar-refractivity contribution in [3.63, 3.8) is 0 Å². The minimum atomic E-state index is -0.176. The van der Waals surface area contributed by atoms with Gasteiger partial charge >= 0.3 is 6.03 Å². The van der Waals surface area contributed by atoms with E-state index in [1.165, 1.54) is 0 Å². The van der Waals surface area contributed by atoms with Gasteiger partial charge in [0.2, 0.25) is 0 Å². The number of carbonyl (C=O) groups is 1. The van der Waals surface area contributed by atoms with Crippen molar-refractivity contribution in [3.05, 3.63) is 59.4 Å². The first-order valence-corrected chi connectivity index (χ1v) is 7.24. The van der Waals surface area contributed by atoms with Crippen molar-refractivity contribution in [3.8, 4) is 5.75 Å². The third-order valence-corrected chi connectivity index (χ3v) is 3.31. The van der Waals surface area contributed by atoms with Crippen LogP contribution in [0.4, 0.5) is 4.79 Å². The molecular weight excluding hydrogens is 278 g/mol. The zero-order valence-electron chi connectivity index (χ0n) is 12.9. The Morgan fingerprint density at radius 3 is 2.77 bits per heavy atom. The van der Waals surface area contributed by atoms with Crippen LogP contribution in [-0.2, 0) is 13.0 Å². The number of carbonyl (C=O) groups excluding carboxylic acids is 1. The van der Waals surface area contributed by atoms with Gasteiger partial charge in [0.05, 0.1) is 7.11 Å². The summed E-state index contributed by atoms with van der Waals surface area (Å²) in [5.74, 6) is 0.851. The Morgan fingerprint density at radius 2 is 2.09 bits per heavy atom. The van der Waals surface area contributed by atoms with Gasteiger partial charge in [-0.25, -0.2) is 4.79 Å². The van der Waals surface area contributed by atoms with E-state index >= 15 is 0 Å². The average Bonchev–Trinajstić information content (AvgIpc) is 2.54. The normalized spacial score (nSPS) is 10.1. The van der Waals surface area contributed by atoms with Crippen molar-refractivity contribution in [1.82, 2.24) is 15.6 Å². The van der Waals surface area contributed by atoms with Gasteiger partial charge in [0, 0.05) is 31.4 Å². The molecule has 5 heteroatoms. The van der Waals surface area contributed by atoms with Crippen LogP contribution in [0, 0.1) is 6.92 Å². The number of rotatable bonds is 6. The molecule has 0 aliphatic heterocycles. The molecular formula is C17H21N3O2. The van der Waals surface area contributed by atoms with Gasteiger partial charge in [-0.15, -0.1) is 0 Å². The van der Waals surface area contributed by atoms with E-state index in [4.69, 9.17) is 4.74 Å². The fourth-order valence-corrected chi connectivity index (χ4v) is 2.15. The second-order valence-corrected chi connectivity index (χ2v) is 4.98. The monoisotopic (exact) mass is 299 g/mol. The number of aryl methyl sites for hydroxylation is 1. The highest BCUT2D eigenvalue weighted by atomic mass is 16.5. The SMILES string of the molecule is COc1ccc(CNC(=O)NCCc2ccccn2)cc1C. The number of hydrogen-bond donors (Lipinski definition) is 2. The summed E-state index contributed by atoms with van der Waals surface area (Å²) in [6.45, 7) is 3.03. The van der Waals surface area contributed by atoms with Crippen LogP contribution in [0.5, 0.6) is 5.75 Å². The first kappa shape index (κ1) is 15.8. The third kappa shape index (κ3) is 4.77. The highest BCUT2D eigenvalue weighted by Crippen LogP contribution is 2.18. The predicted octanol–water partition coefficient (Wildman–Crippen LogP) is 2.44. The van der Waals surface area contributed by atoms with Gasteiger partial charge in [0.1, 0.15) is 5.75 Å². The van der Waals surface area contributed by atoms with Gasteiger partial charge in [0.15, 0.2) is 0 Å². The quantitative estimate of drug-likeness (QED) is 0.861. The molecule has 2 amide bonds. The Morgan fingerprint density at radius 1 is 1.23 bits per heavy atom. The molecule has 0 saturated carbocycles. The maximum absolute atomic E-state index is 11.7. The lowest BCUT2D eigenvalue weighted by Crippen LogP contribution is -2.36. The van der Waals surface area contributed by atoms with Crippen LogP contribution in [0.25, 0.3) is 0 Å². The summed E-state index contributed by atoms with van der Waals surface area (Å²) in [4.78, 5) is 16.0. The third-order valence-electron chi connectivity index (χ3n) is 3.31. The molecule has 0 spiro atoms. The number of nitrogens with zero attached hydrogens (tertiary/aromatic N) is 1. The van der Waals surface area contributed by atoms with Crippen LogP contribution in [0.2, 0.25) is 0 Å². The maximum Gasteiger partial charge on any atom is 0.315 e. The lowest BCUT2D eigenvalue weighted by molar-refractivity contribution is 0.240. The molecule has 0 fully saturated rings. The summed E-state index contributed by atoms with van der Waals surface area (Å²) in [6, 6.07) is 11.4. The van der Waals surface area contributed by atoms with Gasteiger partial charge in [-0.1, -0.05) is 18.2 Å². The Kier molecular flexibility index (Phi) is 5.77. The Hall–Kier alpha value is -2.56. The minimum absolute atomic E-state index is 0.176. The van der Waals surface area contributed by atoms with Crippen molar-refractivity contribution in [1.29, 1.82) is 0 Å². The maximum atomic E-state index is 11.7. The topological polar surface area (TPSA) is 63.2 Å². The zero-order chi connectivity index (χ0) is 15.8. The fourth-order valence-electron chi connectivity index (χ4n) is 2.15. The molecule has 0 saturated heterocycles. The Labute approximate surface area is 130 Å². The first-order valence-electron chi connectivity index (χ1n) is 7.24.